The van der Waals surface area contributed by atoms with Gasteiger partial charge < -0.3 is 14.6 Å². The molecule has 5 nitrogen and oxygen atoms in total. The minimum Gasteiger partial charge on any atom is -0.480 e. The Bertz CT molecular complexity index is 502. The molecule has 1 aliphatic heterocycles. The quantitative estimate of drug-likeness (QED) is 0.918. The highest BCUT2D eigenvalue weighted by Gasteiger charge is 2.33. The minimum atomic E-state index is -2.56. The first-order valence-electron chi connectivity index (χ1n) is 6.47. The van der Waals surface area contributed by atoms with Gasteiger partial charge in [-0.05, 0) is 31.4 Å². The van der Waals surface area contributed by atoms with Crippen molar-refractivity contribution in [3.63, 3.8) is 0 Å². The summed E-state index contributed by atoms with van der Waals surface area (Å²) in [5.74, 6) is -1.55. The van der Waals surface area contributed by atoms with E-state index in [4.69, 9.17) is 5.11 Å². The van der Waals surface area contributed by atoms with Crippen molar-refractivity contribution in [2.45, 2.75) is 38.3 Å². The second-order valence-corrected chi connectivity index (χ2v) is 4.79. The lowest BCUT2D eigenvalue weighted by molar-refractivity contribution is -0.143. The van der Waals surface area contributed by atoms with Crippen molar-refractivity contribution in [1.29, 1.82) is 0 Å². The number of alkyl halides is 2. The molecule has 0 aliphatic carbocycles. The highest BCUT2D eigenvalue weighted by molar-refractivity contribution is 5.95. The van der Waals surface area contributed by atoms with Crippen molar-refractivity contribution in [2.75, 3.05) is 6.54 Å². The number of carboxylic acids is 1. The summed E-state index contributed by atoms with van der Waals surface area (Å²) >= 11 is 0. The number of carboxylic acid groups (broad SMARTS) is 1. The molecule has 1 atom stereocenters. The summed E-state index contributed by atoms with van der Waals surface area (Å²) < 4.78 is 26.1. The summed E-state index contributed by atoms with van der Waals surface area (Å²) in [6.07, 6.45) is 0.713. The fraction of sp³-hybridized carbons (Fsp3) is 0.538. The number of aromatic nitrogens is 1. The van der Waals surface area contributed by atoms with Crippen molar-refractivity contribution in [1.82, 2.24) is 9.47 Å². The lowest BCUT2D eigenvalue weighted by Gasteiger charge is -2.33. The molecule has 1 fully saturated rings. The average Bonchev–Trinajstić information content (AvgIpc) is 2.85. The highest BCUT2D eigenvalue weighted by Crippen LogP contribution is 2.20. The Balaban J connectivity index is 2.21. The molecule has 0 radical (unpaired) electrons. The molecule has 1 aromatic rings. The minimum absolute atomic E-state index is 0.110. The van der Waals surface area contributed by atoms with Crippen LogP contribution in [0.2, 0.25) is 0 Å². The molecule has 0 unspecified atom stereocenters. The molecule has 2 rings (SSSR count). The lowest BCUT2D eigenvalue weighted by Crippen LogP contribution is -2.48. The van der Waals surface area contributed by atoms with Crippen LogP contribution < -0.4 is 0 Å². The van der Waals surface area contributed by atoms with Gasteiger partial charge in [0.2, 0.25) is 0 Å². The first-order chi connectivity index (χ1) is 9.50. The van der Waals surface area contributed by atoms with Gasteiger partial charge in [0.25, 0.3) is 12.3 Å². The van der Waals surface area contributed by atoms with E-state index in [-0.39, 0.29) is 5.69 Å². The van der Waals surface area contributed by atoms with Crippen LogP contribution >= 0.6 is 0 Å². The predicted octanol–water partition coefficient (Wildman–Crippen LogP) is 1.83. The van der Waals surface area contributed by atoms with Gasteiger partial charge in [-0.2, -0.15) is 0 Å². The Morgan fingerprint density at radius 2 is 2.15 bits per heavy atom. The largest absolute Gasteiger partial charge is 0.480 e. The van der Waals surface area contributed by atoms with E-state index in [0.717, 1.165) is 12.8 Å². The van der Waals surface area contributed by atoms with Gasteiger partial charge in [0.15, 0.2) is 0 Å². The molecule has 1 saturated heterocycles. The smallest absolute Gasteiger partial charge is 0.326 e. The molecule has 0 spiro atoms. The topological polar surface area (TPSA) is 62.5 Å². The van der Waals surface area contributed by atoms with Gasteiger partial charge in [-0.3, -0.25) is 4.79 Å². The maximum absolute atomic E-state index is 12.4. The molecule has 0 aromatic carbocycles. The Hall–Kier alpha value is -1.92. The van der Waals surface area contributed by atoms with Crippen molar-refractivity contribution in [2.24, 2.45) is 0 Å². The number of carbonyl (C=O) groups excluding carboxylic acids is 1. The van der Waals surface area contributed by atoms with Gasteiger partial charge >= 0.3 is 5.97 Å². The van der Waals surface area contributed by atoms with Crippen LogP contribution in [0.25, 0.3) is 0 Å². The fourth-order valence-electron chi connectivity index (χ4n) is 2.49. The van der Waals surface area contributed by atoms with Crippen LogP contribution in [0.4, 0.5) is 8.78 Å². The number of nitrogens with zero attached hydrogens (tertiary/aromatic N) is 2. The molecule has 2 heterocycles. The number of amides is 1. The zero-order valence-electron chi connectivity index (χ0n) is 10.8. The molecule has 0 saturated carbocycles. The van der Waals surface area contributed by atoms with Gasteiger partial charge in [-0.25, -0.2) is 13.6 Å². The predicted molar refractivity (Wildman–Crippen MR) is 66.7 cm³/mol. The zero-order valence-corrected chi connectivity index (χ0v) is 10.8. The molecule has 0 bridgehead atoms. The Kier molecular flexibility index (Phi) is 4.36. The van der Waals surface area contributed by atoms with Gasteiger partial charge in [-0.15, -0.1) is 0 Å². The van der Waals surface area contributed by atoms with Gasteiger partial charge in [0.1, 0.15) is 11.7 Å². The molecule has 7 heteroatoms. The number of halogens is 2. The maximum atomic E-state index is 12.4. The monoisotopic (exact) mass is 286 g/mol. The van der Waals surface area contributed by atoms with Gasteiger partial charge in [0, 0.05) is 12.7 Å². The summed E-state index contributed by atoms with van der Waals surface area (Å²) in [6.45, 7) is -0.227. The average molecular weight is 286 g/mol. The van der Waals surface area contributed by atoms with Gasteiger partial charge in [-0.1, -0.05) is 0 Å². The second-order valence-electron chi connectivity index (χ2n) is 4.79. The van der Waals surface area contributed by atoms with Crippen LogP contribution in [0.5, 0.6) is 0 Å². The van der Waals surface area contributed by atoms with E-state index >= 15 is 0 Å². The highest BCUT2D eigenvalue weighted by atomic mass is 19.3. The number of rotatable bonds is 4. The van der Waals surface area contributed by atoms with Crippen LogP contribution in [-0.2, 0) is 11.3 Å². The van der Waals surface area contributed by atoms with Crippen molar-refractivity contribution in [3.8, 4) is 0 Å². The van der Waals surface area contributed by atoms with Crippen molar-refractivity contribution >= 4 is 11.9 Å². The van der Waals surface area contributed by atoms with E-state index in [9.17, 15) is 18.4 Å². The Morgan fingerprint density at radius 1 is 1.40 bits per heavy atom. The van der Waals surface area contributed by atoms with E-state index in [2.05, 4.69) is 0 Å². The standard InChI is InChI=1S/C13H16F2N2O3/c14-11(15)8-16-6-3-5-9(16)12(18)17-7-2-1-4-10(17)13(19)20/h3,5-6,10-11H,1-2,4,7-8H2,(H,19,20)/t10-/m0/s1. The first kappa shape index (κ1) is 14.5. The zero-order chi connectivity index (χ0) is 14.7. The maximum Gasteiger partial charge on any atom is 0.326 e. The number of piperidine rings is 1. The third-order valence-electron chi connectivity index (χ3n) is 3.43. The fourth-order valence-corrected chi connectivity index (χ4v) is 2.49. The van der Waals surface area contributed by atoms with Crippen LogP contribution in [0.15, 0.2) is 18.3 Å². The molecular weight excluding hydrogens is 270 g/mol. The Labute approximate surface area is 114 Å². The first-order valence-corrected chi connectivity index (χ1v) is 6.47. The lowest BCUT2D eigenvalue weighted by atomic mass is 10.0. The van der Waals surface area contributed by atoms with Crippen LogP contribution in [0.1, 0.15) is 29.8 Å². The van der Waals surface area contributed by atoms with Gasteiger partial charge in [0.05, 0.1) is 6.54 Å². The van der Waals surface area contributed by atoms with E-state index in [0.29, 0.717) is 13.0 Å². The van der Waals surface area contributed by atoms with E-state index < -0.39 is 30.9 Å². The number of hydrogen-bond acceptors (Lipinski definition) is 2. The summed E-state index contributed by atoms with van der Waals surface area (Å²) in [6, 6.07) is 2.08. The molecular formula is C13H16F2N2O3. The van der Waals surface area contributed by atoms with Crippen LogP contribution in [-0.4, -0.2) is 45.5 Å². The van der Waals surface area contributed by atoms with E-state index in [1.54, 1.807) is 0 Å². The molecule has 1 N–H and O–H groups in total. The SMILES string of the molecule is O=C(O)[C@@H]1CCCCN1C(=O)c1cccn1CC(F)F. The van der Waals surface area contributed by atoms with E-state index in [1.165, 1.54) is 27.8 Å². The Morgan fingerprint density at radius 3 is 2.80 bits per heavy atom. The molecule has 1 aliphatic rings. The third-order valence-corrected chi connectivity index (χ3v) is 3.43. The number of hydrogen-bond donors (Lipinski definition) is 1. The summed E-state index contributed by atoms with van der Waals surface area (Å²) in [7, 11) is 0. The molecule has 20 heavy (non-hydrogen) atoms. The van der Waals surface area contributed by atoms with Crippen molar-refractivity contribution < 1.29 is 23.5 Å². The summed E-state index contributed by atoms with van der Waals surface area (Å²) in [5.41, 5.74) is 0.110. The third kappa shape index (κ3) is 2.97. The number of aliphatic carboxylic acids is 1. The second kappa shape index (κ2) is 6.02. The van der Waals surface area contributed by atoms with Crippen LogP contribution in [0.3, 0.4) is 0 Å². The normalized spacial score (nSPS) is 19.4. The molecule has 1 amide bonds. The summed E-state index contributed by atoms with van der Waals surface area (Å²) in [5, 5.41) is 9.15. The molecule has 1 aromatic heterocycles. The number of carbonyl (C=O) groups is 2. The summed E-state index contributed by atoms with van der Waals surface area (Å²) in [4.78, 5) is 24.8. The van der Waals surface area contributed by atoms with Crippen molar-refractivity contribution in [3.05, 3.63) is 24.0 Å². The molecule has 110 valence electrons. The van der Waals surface area contributed by atoms with Crippen LogP contribution in [0, 0.1) is 0 Å². The number of likely N-dealkylation sites (tertiary alicyclic amines) is 1. The van der Waals surface area contributed by atoms with E-state index in [1.807, 2.05) is 0 Å².